The van der Waals surface area contributed by atoms with Crippen LogP contribution in [-0.2, 0) is 10.0 Å². The maximum Gasteiger partial charge on any atom is 0.276 e. The van der Waals surface area contributed by atoms with Crippen LogP contribution in [0.4, 0.5) is 0 Å². The molecule has 21 heavy (non-hydrogen) atoms. The lowest BCUT2D eigenvalue weighted by Crippen LogP contribution is -2.19. The van der Waals surface area contributed by atoms with Crippen LogP contribution >= 0.6 is 11.3 Å². The number of sulfonamides is 1. The van der Waals surface area contributed by atoms with E-state index in [1.54, 1.807) is 19.1 Å². The molecule has 1 aromatic heterocycles. The zero-order valence-corrected chi connectivity index (χ0v) is 13.4. The van der Waals surface area contributed by atoms with Crippen molar-refractivity contribution in [3.63, 3.8) is 0 Å². The third-order valence-corrected chi connectivity index (χ3v) is 4.86. The fraction of sp³-hybridized carbons (Fsp3) is 0.214. The van der Waals surface area contributed by atoms with Gasteiger partial charge in [0.25, 0.3) is 10.0 Å². The summed E-state index contributed by atoms with van der Waals surface area (Å²) < 4.78 is 29.5. The molecular formula is C14H16N2O3S2. The molecule has 0 amide bonds. The predicted molar refractivity (Wildman–Crippen MR) is 84.5 cm³/mol. The van der Waals surface area contributed by atoms with Crippen molar-refractivity contribution in [2.24, 2.45) is 5.10 Å². The smallest absolute Gasteiger partial charge is 0.276 e. The molecule has 0 aliphatic carbocycles. The highest BCUT2D eigenvalue weighted by atomic mass is 32.2. The third kappa shape index (κ3) is 4.05. The molecule has 0 saturated carbocycles. The molecule has 1 heterocycles. The van der Waals surface area contributed by atoms with Crippen molar-refractivity contribution in [2.75, 3.05) is 6.61 Å². The lowest BCUT2D eigenvalue weighted by atomic mass is 10.3. The van der Waals surface area contributed by atoms with E-state index in [4.69, 9.17) is 4.74 Å². The topological polar surface area (TPSA) is 67.8 Å². The minimum absolute atomic E-state index is 0.147. The molecule has 0 bridgehead atoms. The summed E-state index contributed by atoms with van der Waals surface area (Å²) >= 11 is 1.50. The molecule has 1 aromatic carbocycles. The average molecular weight is 324 g/mol. The minimum atomic E-state index is -3.67. The van der Waals surface area contributed by atoms with Gasteiger partial charge in [0, 0.05) is 0 Å². The van der Waals surface area contributed by atoms with Crippen molar-refractivity contribution in [1.29, 1.82) is 0 Å². The summed E-state index contributed by atoms with van der Waals surface area (Å²) in [6.07, 6.45) is 0. The lowest BCUT2D eigenvalue weighted by Gasteiger charge is -2.06. The monoisotopic (exact) mass is 324 g/mol. The van der Waals surface area contributed by atoms with Crippen molar-refractivity contribution >= 4 is 27.1 Å². The molecule has 0 aliphatic rings. The normalized spacial score (nSPS) is 12.2. The Bertz CT molecular complexity index is 705. The highest BCUT2D eigenvalue weighted by Gasteiger charge is 2.13. The van der Waals surface area contributed by atoms with Gasteiger partial charge >= 0.3 is 0 Å². The predicted octanol–water partition coefficient (Wildman–Crippen LogP) is 2.85. The number of hydrogen-bond acceptors (Lipinski definition) is 5. The Kier molecular flexibility index (Phi) is 4.98. The van der Waals surface area contributed by atoms with Gasteiger partial charge in [-0.1, -0.05) is 6.07 Å². The summed E-state index contributed by atoms with van der Waals surface area (Å²) in [7, 11) is -3.67. The van der Waals surface area contributed by atoms with Gasteiger partial charge < -0.3 is 4.74 Å². The van der Waals surface area contributed by atoms with E-state index in [1.165, 1.54) is 23.5 Å². The van der Waals surface area contributed by atoms with Crippen molar-refractivity contribution in [1.82, 2.24) is 4.83 Å². The van der Waals surface area contributed by atoms with E-state index in [0.29, 0.717) is 18.1 Å². The van der Waals surface area contributed by atoms with Gasteiger partial charge in [0.15, 0.2) is 0 Å². The second-order valence-electron chi connectivity index (χ2n) is 4.17. The Morgan fingerprint density at radius 2 is 2.00 bits per heavy atom. The first-order valence-electron chi connectivity index (χ1n) is 6.36. The Balaban J connectivity index is 2.13. The Hall–Kier alpha value is -1.86. The first kappa shape index (κ1) is 15.5. The number of rotatable bonds is 6. The minimum Gasteiger partial charge on any atom is -0.494 e. The molecule has 0 spiro atoms. The SMILES string of the molecule is CCOc1ccc(S(=O)(=O)N/N=C(\C)c2cccs2)cc1. The first-order chi connectivity index (χ1) is 10.0. The van der Waals surface area contributed by atoms with Crippen molar-refractivity contribution < 1.29 is 13.2 Å². The van der Waals surface area contributed by atoms with Gasteiger partial charge in [-0.25, -0.2) is 0 Å². The van der Waals surface area contributed by atoms with Crippen LogP contribution in [0.5, 0.6) is 5.75 Å². The number of ether oxygens (including phenoxy) is 1. The first-order valence-corrected chi connectivity index (χ1v) is 8.72. The summed E-state index contributed by atoms with van der Waals surface area (Å²) in [6, 6.07) is 9.99. The molecule has 0 unspecified atom stereocenters. The van der Waals surface area contributed by atoms with Crippen LogP contribution in [0, 0.1) is 0 Å². The highest BCUT2D eigenvalue weighted by molar-refractivity contribution is 7.89. The zero-order chi connectivity index (χ0) is 15.3. The largest absolute Gasteiger partial charge is 0.494 e. The Labute approximate surface area is 128 Å². The van der Waals surface area contributed by atoms with Crippen LogP contribution in [-0.4, -0.2) is 20.7 Å². The second-order valence-corrected chi connectivity index (χ2v) is 6.78. The molecule has 0 radical (unpaired) electrons. The molecule has 0 atom stereocenters. The van der Waals surface area contributed by atoms with Gasteiger partial charge in [0.2, 0.25) is 0 Å². The summed E-state index contributed by atoms with van der Waals surface area (Å²) in [5.74, 6) is 0.634. The number of thiophene rings is 1. The molecule has 0 saturated heterocycles. The molecule has 0 aliphatic heterocycles. The van der Waals surface area contributed by atoms with Gasteiger partial charge in [-0.15, -0.1) is 11.3 Å². The maximum absolute atomic E-state index is 12.1. The third-order valence-electron chi connectivity index (χ3n) is 2.66. The standard InChI is InChI=1S/C14H16N2O3S2/c1-3-19-12-6-8-13(9-7-12)21(17,18)16-15-11(2)14-5-4-10-20-14/h4-10,16H,3H2,1-2H3/b15-11+. The van der Waals surface area contributed by atoms with Crippen LogP contribution in [0.3, 0.4) is 0 Å². The van der Waals surface area contributed by atoms with Gasteiger partial charge in [0.1, 0.15) is 5.75 Å². The fourth-order valence-electron chi connectivity index (χ4n) is 1.60. The number of hydrogen-bond donors (Lipinski definition) is 1. The van der Waals surface area contributed by atoms with Gasteiger partial charge in [-0.05, 0) is 49.6 Å². The van der Waals surface area contributed by atoms with E-state index >= 15 is 0 Å². The number of nitrogens with zero attached hydrogens (tertiary/aromatic N) is 1. The number of nitrogens with one attached hydrogen (secondary N) is 1. The number of benzene rings is 1. The summed E-state index contributed by atoms with van der Waals surface area (Å²) in [5.41, 5.74) is 0.625. The highest BCUT2D eigenvalue weighted by Crippen LogP contribution is 2.16. The van der Waals surface area contributed by atoms with Crippen molar-refractivity contribution in [2.45, 2.75) is 18.7 Å². The summed E-state index contributed by atoms with van der Waals surface area (Å²) in [4.78, 5) is 3.31. The average Bonchev–Trinajstić information content (AvgIpc) is 3.00. The second kappa shape index (κ2) is 6.73. The van der Waals surface area contributed by atoms with E-state index in [0.717, 1.165) is 4.88 Å². The molecule has 112 valence electrons. The molecule has 2 rings (SSSR count). The van der Waals surface area contributed by atoms with Gasteiger partial charge in [-0.2, -0.15) is 18.4 Å². The van der Waals surface area contributed by atoms with E-state index in [1.807, 2.05) is 24.4 Å². The molecule has 1 N–H and O–H groups in total. The molecule has 5 nitrogen and oxygen atoms in total. The van der Waals surface area contributed by atoms with Gasteiger partial charge in [0.05, 0.1) is 22.1 Å². The van der Waals surface area contributed by atoms with Gasteiger partial charge in [-0.3, -0.25) is 0 Å². The quantitative estimate of drug-likeness (QED) is 0.656. The van der Waals surface area contributed by atoms with Crippen molar-refractivity contribution in [3.05, 3.63) is 46.7 Å². The van der Waals surface area contributed by atoms with Crippen LogP contribution in [0.1, 0.15) is 18.7 Å². The Morgan fingerprint density at radius 3 is 2.57 bits per heavy atom. The molecule has 2 aromatic rings. The number of hydrazone groups is 1. The fourth-order valence-corrected chi connectivity index (χ4v) is 3.14. The van der Waals surface area contributed by atoms with Crippen LogP contribution in [0.15, 0.2) is 51.8 Å². The molecular weight excluding hydrogens is 308 g/mol. The summed E-state index contributed by atoms with van der Waals surface area (Å²) in [5, 5.41) is 5.84. The van der Waals surface area contributed by atoms with Crippen LogP contribution in [0.25, 0.3) is 0 Å². The van der Waals surface area contributed by atoms with E-state index in [9.17, 15) is 8.42 Å². The molecule has 0 fully saturated rings. The van der Waals surface area contributed by atoms with Crippen molar-refractivity contribution in [3.8, 4) is 5.75 Å². The lowest BCUT2D eigenvalue weighted by molar-refractivity contribution is 0.340. The van der Waals surface area contributed by atoms with E-state index in [2.05, 4.69) is 9.93 Å². The van der Waals surface area contributed by atoms with Crippen LogP contribution < -0.4 is 9.57 Å². The van der Waals surface area contributed by atoms with E-state index < -0.39 is 10.0 Å². The van der Waals surface area contributed by atoms with Crippen LogP contribution in [0.2, 0.25) is 0 Å². The molecule has 7 heteroatoms. The van der Waals surface area contributed by atoms with E-state index in [-0.39, 0.29) is 4.90 Å². The summed E-state index contributed by atoms with van der Waals surface area (Å²) in [6.45, 7) is 4.16. The Morgan fingerprint density at radius 1 is 1.29 bits per heavy atom. The maximum atomic E-state index is 12.1. The zero-order valence-electron chi connectivity index (χ0n) is 11.7.